The molecule has 2 aliphatic rings. The summed E-state index contributed by atoms with van der Waals surface area (Å²) in [5.41, 5.74) is 1.11. The summed E-state index contributed by atoms with van der Waals surface area (Å²) < 4.78 is 5.76. The van der Waals surface area contributed by atoms with E-state index >= 15 is 0 Å². The van der Waals surface area contributed by atoms with Crippen LogP contribution in [0.3, 0.4) is 0 Å². The van der Waals surface area contributed by atoms with Crippen LogP contribution in [0.4, 0.5) is 0 Å². The van der Waals surface area contributed by atoms with E-state index in [4.69, 9.17) is 4.74 Å². The van der Waals surface area contributed by atoms with Crippen LogP contribution in [0.5, 0.6) is 0 Å². The fourth-order valence-electron chi connectivity index (χ4n) is 3.92. The molecule has 1 aromatic rings. The number of amides is 2. The Hall–Kier alpha value is -1.88. The fraction of sp³-hybridized carbons (Fsp3) is 0.636. The summed E-state index contributed by atoms with van der Waals surface area (Å²) in [5.74, 6) is 0.156. The highest BCUT2D eigenvalue weighted by Crippen LogP contribution is 2.17. The highest BCUT2D eigenvalue weighted by atomic mass is 16.5. The van der Waals surface area contributed by atoms with Crippen molar-refractivity contribution in [2.24, 2.45) is 0 Å². The van der Waals surface area contributed by atoms with Crippen molar-refractivity contribution in [1.29, 1.82) is 0 Å². The molecule has 0 radical (unpaired) electrons. The van der Waals surface area contributed by atoms with Crippen LogP contribution in [-0.2, 0) is 20.9 Å². The van der Waals surface area contributed by atoms with Crippen LogP contribution in [0, 0.1) is 0 Å². The van der Waals surface area contributed by atoms with Gasteiger partial charge in [-0.3, -0.25) is 9.59 Å². The molecule has 0 N–H and O–H groups in total. The zero-order valence-electron chi connectivity index (χ0n) is 16.3. The largest absolute Gasteiger partial charge is 0.376 e. The minimum Gasteiger partial charge on any atom is -0.376 e. The normalized spacial score (nSPS) is 21.4. The highest BCUT2D eigenvalue weighted by Gasteiger charge is 2.25. The number of hydrogen-bond acceptors (Lipinski definition) is 3. The summed E-state index contributed by atoms with van der Waals surface area (Å²) >= 11 is 0. The Labute approximate surface area is 162 Å². The van der Waals surface area contributed by atoms with E-state index in [1.165, 1.54) is 6.42 Å². The topological polar surface area (TPSA) is 49.9 Å². The number of carbonyl (C=O) groups is 2. The molecule has 0 spiro atoms. The van der Waals surface area contributed by atoms with Crippen LogP contribution < -0.4 is 0 Å². The van der Waals surface area contributed by atoms with Crippen molar-refractivity contribution in [1.82, 2.24) is 9.80 Å². The van der Waals surface area contributed by atoms with Gasteiger partial charge in [0.2, 0.25) is 11.8 Å². The van der Waals surface area contributed by atoms with Crippen molar-refractivity contribution < 1.29 is 14.3 Å². The van der Waals surface area contributed by atoms with E-state index in [2.05, 4.69) is 0 Å². The number of nitrogens with zero attached hydrogens (tertiary/aromatic N) is 2. The molecule has 2 saturated heterocycles. The van der Waals surface area contributed by atoms with Gasteiger partial charge in [0, 0.05) is 32.7 Å². The maximum absolute atomic E-state index is 13.1. The molecule has 2 aliphatic heterocycles. The Bertz CT molecular complexity index is 599. The zero-order chi connectivity index (χ0) is 18.9. The third kappa shape index (κ3) is 6.35. The zero-order valence-corrected chi connectivity index (χ0v) is 16.3. The van der Waals surface area contributed by atoms with Gasteiger partial charge in [-0.05, 0) is 31.2 Å². The predicted molar refractivity (Wildman–Crippen MR) is 105 cm³/mol. The van der Waals surface area contributed by atoms with E-state index in [0.717, 1.165) is 50.7 Å². The molecule has 2 heterocycles. The molecule has 1 atom stereocenters. The van der Waals surface area contributed by atoms with Gasteiger partial charge in [0.05, 0.1) is 12.6 Å². The maximum atomic E-state index is 13.1. The summed E-state index contributed by atoms with van der Waals surface area (Å²) in [4.78, 5) is 29.3. The van der Waals surface area contributed by atoms with E-state index in [1.54, 1.807) is 4.90 Å². The molecule has 2 amide bonds. The Morgan fingerprint density at radius 1 is 1.07 bits per heavy atom. The van der Waals surface area contributed by atoms with Crippen molar-refractivity contribution in [2.75, 3.05) is 26.2 Å². The number of hydrogen-bond donors (Lipinski definition) is 0. The van der Waals surface area contributed by atoms with E-state index in [1.807, 2.05) is 35.2 Å². The quantitative estimate of drug-likeness (QED) is 0.769. The molecule has 3 rings (SSSR count). The second-order valence-corrected chi connectivity index (χ2v) is 7.73. The number of rotatable bonds is 6. The molecule has 5 heteroatoms. The monoisotopic (exact) mass is 372 g/mol. The van der Waals surface area contributed by atoms with Crippen molar-refractivity contribution in [2.45, 2.75) is 64.0 Å². The third-order valence-corrected chi connectivity index (χ3v) is 5.51. The minimum atomic E-state index is 0.0296. The van der Waals surface area contributed by atoms with Crippen molar-refractivity contribution in [3.05, 3.63) is 35.9 Å². The van der Waals surface area contributed by atoms with Gasteiger partial charge < -0.3 is 14.5 Å². The minimum absolute atomic E-state index is 0.0296. The predicted octanol–water partition coefficient (Wildman–Crippen LogP) is 3.38. The van der Waals surface area contributed by atoms with Gasteiger partial charge >= 0.3 is 0 Å². The molecule has 27 heavy (non-hydrogen) atoms. The first kappa shape index (κ1) is 19.9. The molecule has 2 fully saturated rings. The number of carbonyl (C=O) groups excluding carboxylic acids is 2. The lowest BCUT2D eigenvalue weighted by atomic mass is 10.1. The Kier molecular flexibility index (Phi) is 7.69. The molecule has 148 valence electrons. The van der Waals surface area contributed by atoms with E-state index < -0.39 is 0 Å². The number of benzene rings is 1. The van der Waals surface area contributed by atoms with E-state index in [-0.39, 0.29) is 24.5 Å². The first-order chi connectivity index (χ1) is 13.2. The third-order valence-electron chi connectivity index (χ3n) is 5.51. The van der Waals surface area contributed by atoms with Crippen LogP contribution in [0.1, 0.15) is 56.9 Å². The van der Waals surface area contributed by atoms with E-state index in [9.17, 15) is 9.59 Å². The van der Waals surface area contributed by atoms with Crippen molar-refractivity contribution >= 4 is 11.8 Å². The van der Waals surface area contributed by atoms with Crippen LogP contribution in [0.15, 0.2) is 30.3 Å². The molecular formula is C22H32N2O3. The Morgan fingerprint density at radius 2 is 1.85 bits per heavy atom. The van der Waals surface area contributed by atoms with Gasteiger partial charge in [-0.15, -0.1) is 0 Å². The second kappa shape index (κ2) is 10.5. The lowest BCUT2D eigenvalue weighted by Crippen LogP contribution is -2.45. The van der Waals surface area contributed by atoms with E-state index in [0.29, 0.717) is 26.1 Å². The van der Waals surface area contributed by atoms with Crippen LogP contribution >= 0.6 is 0 Å². The molecule has 5 nitrogen and oxygen atoms in total. The summed E-state index contributed by atoms with van der Waals surface area (Å²) in [6.07, 6.45) is 8.12. The molecule has 0 aliphatic carbocycles. The van der Waals surface area contributed by atoms with Gasteiger partial charge in [-0.1, -0.05) is 49.6 Å². The summed E-state index contributed by atoms with van der Waals surface area (Å²) in [6, 6.07) is 10.1. The SMILES string of the molecule is O=C1CCCCCCCN1CC(=O)N(Cc1ccccc1)C[C@@H]1CCCO1. The van der Waals surface area contributed by atoms with Gasteiger partial charge in [0.25, 0.3) is 0 Å². The second-order valence-electron chi connectivity index (χ2n) is 7.73. The lowest BCUT2D eigenvalue weighted by molar-refractivity contribution is -0.141. The van der Waals surface area contributed by atoms with Crippen molar-refractivity contribution in [3.63, 3.8) is 0 Å². The Morgan fingerprint density at radius 3 is 2.63 bits per heavy atom. The average molecular weight is 373 g/mol. The summed E-state index contributed by atoms with van der Waals surface area (Å²) in [5, 5.41) is 0. The molecule has 0 unspecified atom stereocenters. The molecule has 1 aromatic carbocycles. The first-order valence-corrected chi connectivity index (χ1v) is 10.4. The summed E-state index contributed by atoms with van der Waals surface area (Å²) in [6.45, 7) is 2.85. The van der Waals surface area contributed by atoms with Gasteiger partial charge in [0.15, 0.2) is 0 Å². The van der Waals surface area contributed by atoms with Crippen molar-refractivity contribution in [3.8, 4) is 0 Å². The van der Waals surface area contributed by atoms with Gasteiger partial charge in [-0.25, -0.2) is 0 Å². The van der Waals surface area contributed by atoms with Crippen LogP contribution in [0.2, 0.25) is 0 Å². The fourth-order valence-corrected chi connectivity index (χ4v) is 3.92. The first-order valence-electron chi connectivity index (χ1n) is 10.4. The standard InChI is InChI=1S/C22H32N2O3/c25-21-13-7-2-1-3-8-14-23(21)18-22(26)24(17-20-12-9-15-27-20)16-19-10-5-4-6-11-19/h4-6,10-11,20H,1-3,7-9,12-18H2/t20-/m0/s1. The Balaban J connectivity index is 1.65. The molecule has 0 bridgehead atoms. The molecule has 0 aromatic heterocycles. The molecular weight excluding hydrogens is 340 g/mol. The number of ether oxygens (including phenoxy) is 1. The lowest BCUT2D eigenvalue weighted by Gasteiger charge is -2.29. The summed E-state index contributed by atoms with van der Waals surface area (Å²) in [7, 11) is 0. The maximum Gasteiger partial charge on any atom is 0.242 e. The van der Waals surface area contributed by atoms with Gasteiger partial charge in [0.1, 0.15) is 0 Å². The smallest absolute Gasteiger partial charge is 0.242 e. The van der Waals surface area contributed by atoms with Crippen LogP contribution in [0.25, 0.3) is 0 Å². The van der Waals surface area contributed by atoms with Crippen LogP contribution in [-0.4, -0.2) is 54.0 Å². The van der Waals surface area contributed by atoms with Gasteiger partial charge in [-0.2, -0.15) is 0 Å². The molecule has 0 saturated carbocycles. The highest BCUT2D eigenvalue weighted by molar-refractivity contribution is 5.85. The average Bonchev–Trinajstić information content (AvgIpc) is 3.21.